The summed E-state index contributed by atoms with van der Waals surface area (Å²) in [6.45, 7) is 6.93. The van der Waals surface area contributed by atoms with Crippen LogP contribution in [0.25, 0.3) is 0 Å². The molecule has 1 heterocycles. The van der Waals surface area contributed by atoms with Crippen molar-refractivity contribution in [3.63, 3.8) is 0 Å². The average molecular weight is 442 g/mol. The van der Waals surface area contributed by atoms with Crippen LogP contribution >= 0.6 is 0 Å². The van der Waals surface area contributed by atoms with E-state index in [-0.39, 0.29) is 23.8 Å². The lowest BCUT2D eigenvalue weighted by Gasteiger charge is -2.41. The number of amides is 1. The summed E-state index contributed by atoms with van der Waals surface area (Å²) in [6.07, 6.45) is 0. The minimum Gasteiger partial charge on any atom is -0.325 e. The molecule has 1 aliphatic heterocycles. The Morgan fingerprint density at radius 2 is 1.21 bits per heavy atom. The number of anilines is 1. The lowest BCUT2D eigenvalue weighted by Crippen LogP contribution is -2.53. The predicted octanol–water partition coefficient (Wildman–Crippen LogP) is 4.62. The smallest absolute Gasteiger partial charge is 0.241 e. The molecule has 1 aliphatic rings. The number of Topliss-reactive ketones (excluding diaryl/α,β-unsaturated/α-hetero) is 1. The molecule has 1 N–H and O–H groups in total. The van der Waals surface area contributed by atoms with Gasteiger partial charge in [-0.15, -0.1) is 0 Å². The van der Waals surface area contributed by atoms with Gasteiger partial charge in [-0.3, -0.25) is 19.4 Å². The zero-order chi connectivity index (χ0) is 23.2. The molecule has 4 rings (SSSR count). The number of nitrogens with zero attached hydrogens (tertiary/aromatic N) is 2. The van der Waals surface area contributed by atoms with Crippen LogP contribution in [-0.2, 0) is 4.79 Å². The first-order valence-corrected chi connectivity index (χ1v) is 11.5. The van der Waals surface area contributed by atoms with Gasteiger partial charge < -0.3 is 5.32 Å². The minimum atomic E-state index is -0.230. The molecule has 0 aliphatic carbocycles. The number of rotatable bonds is 7. The molecule has 5 nitrogen and oxygen atoms in total. The molecule has 3 aromatic carbocycles. The SMILES string of the molecule is CC(=O)c1ccc(NC(=O)C(C)N2CCN(C(c3ccccc3)c3ccccc3)CC2)cc1. The van der Waals surface area contributed by atoms with Gasteiger partial charge in [-0.2, -0.15) is 0 Å². The van der Waals surface area contributed by atoms with Crippen LogP contribution in [0, 0.1) is 0 Å². The summed E-state index contributed by atoms with van der Waals surface area (Å²) in [7, 11) is 0. The van der Waals surface area contributed by atoms with Crippen molar-refractivity contribution < 1.29 is 9.59 Å². The molecule has 0 spiro atoms. The van der Waals surface area contributed by atoms with Gasteiger partial charge in [0.05, 0.1) is 12.1 Å². The normalized spacial score (nSPS) is 15.8. The second-order valence-electron chi connectivity index (χ2n) is 8.59. The highest BCUT2D eigenvalue weighted by atomic mass is 16.2. The van der Waals surface area contributed by atoms with E-state index in [1.54, 1.807) is 24.3 Å². The molecule has 5 heteroatoms. The van der Waals surface area contributed by atoms with E-state index in [1.165, 1.54) is 18.1 Å². The number of piperazine rings is 1. The van der Waals surface area contributed by atoms with Crippen molar-refractivity contribution >= 4 is 17.4 Å². The Kier molecular flexibility index (Phi) is 7.33. The summed E-state index contributed by atoms with van der Waals surface area (Å²) in [4.78, 5) is 29.1. The van der Waals surface area contributed by atoms with Crippen molar-refractivity contribution in [1.29, 1.82) is 0 Å². The topological polar surface area (TPSA) is 52.7 Å². The first kappa shape index (κ1) is 22.9. The maximum atomic E-state index is 12.9. The van der Waals surface area contributed by atoms with Gasteiger partial charge in [0.25, 0.3) is 0 Å². The number of nitrogens with one attached hydrogen (secondary N) is 1. The zero-order valence-corrected chi connectivity index (χ0v) is 19.3. The highest BCUT2D eigenvalue weighted by Gasteiger charge is 2.30. The summed E-state index contributed by atoms with van der Waals surface area (Å²) < 4.78 is 0. The van der Waals surface area contributed by atoms with Crippen molar-refractivity contribution in [3.05, 3.63) is 102 Å². The first-order valence-electron chi connectivity index (χ1n) is 11.5. The predicted molar refractivity (Wildman–Crippen MR) is 132 cm³/mol. The van der Waals surface area contributed by atoms with Gasteiger partial charge in [-0.25, -0.2) is 0 Å². The van der Waals surface area contributed by atoms with E-state index >= 15 is 0 Å². The van der Waals surface area contributed by atoms with Crippen molar-refractivity contribution in [1.82, 2.24) is 9.80 Å². The molecule has 1 amide bonds. The minimum absolute atomic E-state index is 0.0171. The summed E-state index contributed by atoms with van der Waals surface area (Å²) in [5.74, 6) is -0.00915. The van der Waals surface area contributed by atoms with E-state index in [2.05, 4.69) is 75.8 Å². The molecule has 0 bridgehead atoms. The van der Waals surface area contributed by atoms with E-state index in [4.69, 9.17) is 0 Å². The molecule has 1 fully saturated rings. The van der Waals surface area contributed by atoms with Gasteiger partial charge in [0.2, 0.25) is 5.91 Å². The van der Waals surface area contributed by atoms with Crippen LogP contribution in [0.5, 0.6) is 0 Å². The first-order chi connectivity index (χ1) is 16.0. The van der Waals surface area contributed by atoms with E-state index < -0.39 is 0 Å². The van der Waals surface area contributed by atoms with Crippen LogP contribution in [0.3, 0.4) is 0 Å². The van der Waals surface area contributed by atoms with Crippen LogP contribution in [0.2, 0.25) is 0 Å². The Balaban J connectivity index is 1.39. The van der Waals surface area contributed by atoms with Crippen LogP contribution < -0.4 is 5.32 Å². The van der Waals surface area contributed by atoms with E-state index in [0.717, 1.165) is 26.2 Å². The number of hydrogen-bond donors (Lipinski definition) is 1. The Morgan fingerprint density at radius 1 is 0.727 bits per heavy atom. The highest BCUT2D eigenvalue weighted by Crippen LogP contribution is 2.29. The maximum absolute atomic E-state index is 12.9. The Bertz CT molecular complexity index is 1020. The van der Waals surface area contributed by atoms with Crippen LogP contribution in [0.1, 0.15) is 41.4 Å². The lowest BCUT2D eigenvalue weighted by molar-refractivity contribution is -0.121. The number of ketones is 1. The molecule has 3 aromatic rings. The van der Waals surface area contributed by atoms with Gasteiger partial charge in [0.15, 0.2) is 5.78 Å². The standard InChI is InChI=1S/C28H31N3O2/c1-21(28(33)29-26-15-13-23(14-16-26)22(2)32)30-17-19-31(20-18-30)27(24-9-5-3-6-10-24)25-11-7-4-8-12-25/h3-16,21,27H,17-20H2,1-2H3,(H,29,33). The largest absolute Gasteiger partial charge is 0.325 e. The zero-order valence-electron chi connectivity index (χ0n) is 19.3. The van der Waals surface area contributed by atoms with Crippen LogP contribution in [0.15, 0.2) is 84.9 Å². The fraction of sp³-hybridized carbons (Fsp3) is 0.286. The van der Waals surface area contributed by atoms with Gasteiger partial charge in [0, 0.05) is 37.4 Å². The molecule has 0 radical (unpaired) electrons. The highest BCUT2D eigenvalue weighted by molar-refractivity contribution is 5.97. The Morgan fingerprint density at radius 3 is 1.70 bits per heavy atom. The molecule has 0 aromatic heterocycles. The Hall–Kier alpha value is -3.28. The van der Waals surface area contributed by atoms with Gasteiger partial charge >= 0.3 is 0 Å². The van der Waals surface area contributed by atoms with Crippen molar-refractivity contribution in [2.24, 2.45) is 0 Å². The monoisotopic (exact) mass is 441 g/mol. The third kappa shape index (κ3) is 5.56. The molecule has 170 valence electrons. The maximum Gasteiger partial charge on any atom is 0.241 e. The molecular formula is C28H31N3O2. The summed E-state index contributed by atoms with van der Waals surface area (Å²) in [5.41, 5.74) is 3.93. The Labute approximate surface area is 196 Å². The molecule has 1 atom stereocenters. The van der Waals surface area contributed by atoms with E-state index in [1.807, 2.05) is 6.92 Å². The fourth-order valence-corrected chi connectivity index (χ4v) is 4.47. The number of carbonyl (C=O) groups is 2. The fourth-order valence-electron chi connectivity index (χ4n) is 4.47. The van der Waals surface area contributed by atoms with Crippen molar-refractivity contribution in [3.8, 4) is 0 Å². The number of hydrogen-bond acceptors (Lipinski definition) is 4. The van der Waals surface area contributed by atoms with Gasteiger partial charge in [-0.1, -0.05) is 60.7 Å². The third-order valence-electron chi connectivity index (χ3n) is 6.43. The van der Waals surface area contributed by atoms with E-state index in [0.29, 0.717) is 11.3 Å². The average Bonchev–Trinajstić information content (AvgIpc) is 2.86. The molecule has 1 saturated heterocycles. The van der Waals surface area contributed by atoms with Crippen LogP contribution in [-0.4, -0.2) is 53.7 Å². The van der Waals surface area contributed by atoms with Crippen LogP contribution in [0.4, 0.5) is 5.69 Å². The number of carbonyl (C=O) groups excluding carboxylic acids is 2. The second kappa shape index (κ2) is 10.6. The molecule has 0 saturated carbocycles. The van der Waals surface area contributed by atoms with Crippen molar-refractivity contribution in [2.45, 2.75) is 25.9 Å². The van der Waals surface area contributed by atoms with Crippen molar-refractivity contribution in [2.75, 3.05) is 31.5 Å². The van der Waals surface area contributed by atoms with Gasteiger partial charge in [-0.05, 0) is 49.2 Å². The summed E-state index contributed by atoms with van der Waals surface area (Å²) in [5, 5.41) is 2.99. The lowest BCUT2D eigenvalue weighted by atomic mass is 9.96. The summed E-state index contributed by atoms with van der Waals surface area (Å²) >= 11 is 0. The number of benzene rings is 3. The molecular weight excluding hydrogens is 410 g/mol. The second-order valence-corrected chi connectivity index (χ2v) is 8.59. The third-order valence-corrected chi connectivity index (χ3v) is 6.43. The molecule has 33 heavy (non-hydrogen) atoms. The quantitative estimate of drug-likeness (QED) is 0.544. The van der Waals surface area contributed by atoms with E-state index in [9.17, 15) is 9.59 Å². The van der Waals surface area contributed by atoms with Gasteiger partial charge in [0.1, 0.15) is 0 Å². The molecule has 1 unspecified atom stereocenters. The summed E-state index contributed by atoms with van der Waals surface area (Å²) in [6, 6.07) is 28.3.